The van der Waals surface area contributed by atoms with Crippen molar-refractivity contribution in [1.82, 2.24) is 0 Å². The maximum Gasteiger partial charge on any atom is 0.411 e. The van der Waals surface area contributed by atoms with Crippen molar-refractivity contribution in [2.24, 2.45) is 5.41 Å². The summed E-state index contributed by atoms with van der Waals surface area (Å²) in [6.07, 6.45) is 5.21. The van der Waals surface area contributed by atoms with Gasteiger partial charge in [0.15, 0.2) is 0 Å². The minimum Gasteiger partial charge on any atom is -0.465 e. The van der Waals surface area contributed by atoms with E-state index in [9.17, 15) is 9.59 Å². The normalized spacial score (nSPS) is 20.2. The zero-order valence-corrected chi connectivity index (χ0v) is 14.4. The fraction of sp³-hybridized carbons (Fsp3) is 0.375. The number of anilines is 2. The van der Waals surface area contributed by atoms with E-state index in [2.05, 4.69) is 11.4 Å². The lowest BCUT2D eigenvalue weighted by Crippen LogP contribution is -2.34. The summed E-state index contributed by atoms with van der Waals surface area (Å²) >= 11 is 12.3. The van der Waals surface area contributed by atoms with E-state index in [1.165, 1.54) is 13.1 Å². The highest BCUT2D eigenvalue weighted by atomic mass is 35.5. The summed E-state index contributed by atoms with van der Waals surface area (Å²) in [7, 11) is 1.37. The van der Waals surface area contributed by atoms with Crippen LogP contribution < -0.4 is 10.2 Å². The summed E-state index contributed by atoms with van der Waals surface area (Å²) < 4.78 is 0. The van der Waals surface area contributed by atoms with Crippen LogP contribution in [-0.2, 0) is 4.79 Å². The standard InChI is InChI=1S/C16H18Cl2N2O3/c1-16(8-4-3-5-9-16)14(21)19-10-6-7-11(13(18)12(10)17)20(2)15(22)23/h3-4,6-7H,5,8-9H2,1-2H3,(H,19,21)(H,22,23). The van der Waals surface area contributed by atoms with E-state index < -0.39 is 11.5 Å². The number of hydrogen-bond acceptors (Lipinski definition) is 2. The van der Waals surface area contributed by atoms with Gasteiger partial charge in [0.05, 0.1) is 26.8 Å². The Balaban J connectivity index is 2.24. The Morgan fingerprint density at radius 1 is 1.26 bits per heavy atom. The Hall–Kier alpha value is -1.72. The third-order valence-electron chi connectivity index (χ3n) is 4.10. The van der Waals surface area contributed by atoms with E-state index in [0.717, 1.165) is 17.7 Å². The van der Waals surface area contributed by atoms with Crippen molar-refractivity contribution in [1.29, 1.82) is 0 Å². The SMILES string of the molecule is CN(C(=O)O)c1ccc(NC(=O)C2(C)CC=CCC2)c(Cl)c1Cl. The number of carbonyl (C=O) groups is 2. The lowest BCUT2D eigenvalue weighted by Gasteiger charge is -2.29. The average Bonchev–Trinajstić information content (AvgIpc) is 2.52. The lowest BCUT2D eigenvalue weighted by molar-refractivity contribution is -0.125. The van der Waals surface area contributed by atoms with Crippen molar-refractivity contribution in [2.75, 3.05) is 17.3 Å². The molecule has 1 unspecified atom stereocenters. The minimum atomic E-state index is -1.15. The van der Waals surface area contributed by atoms with Crippen molar-refractivity contribution in [2.45, 2.75) is 26.2 Å². The molecule has 0 saturated carbocycles. The molecule has 2 N–H and O–H groups in total. The van der Waals surface area contributed by atoms with Crippen molar-refractivity contribution in [3.05, 3.63) is 34.3 Å². The van der Waals surface area contributed by atoms with E-state index in [-0.39, 0.29) is 21.6 Å². The highest BCUT2D eigenvalue weighted by Crippen LogP contribution is 2.39. The molecule has 1 atom stereocenters. The van der Waals surface area contributed by atoms with Crippen LogP contribution in [0.1, 0.15) is 26.2 Å². The topological polar surface area (TPSA) is 69.6 Å². The zero-order valence-electron chi connectivity index (χ0n) is 12.9. The second-order valence-corrected chi connectivity index (χ2v) is 6.59. The average molecular weight is 357 g/mol. The van der Waals surface area contributed by atoms with Gasteiger partial charge >= 0.3 is 6.09 Å². The molecule has 0 saturated heterocycles. The van der Waals surface area contributed by atoms with Gasteiger partial charge in [-0.3, -0.25) is 9.69 Å². The molecule has 0 heterocycles. The van der Waals surface area contributed by atoms with Gasteiger partial charge in [-0.25, -0.2) is 4.79 Å². The number of carbonyl (C=O) groups excluding carboxylic acids is 1. The molecule has 0 aliphatic heterocycles. The van der Waals surface area contributed by atoms with E-state index >= 15 is 0 Å². The Labute approximate surface area is 144 Å². The Morgan fingerprint density at radius 3 is 2.52 bits per heavy atom. The van der Waals surface area contributed by atoms with Crippen LogP contribution in [0.4, 0.5) is 16.2 Å². The molecule has 1 aromatic carbocycles. The highest BCUT2D eigenvalue weighted by Gasteiger charge is 2.33. The molecule has 0 bridgehead atoms. The van der Waals surface area contributed by atoms with Crippen molar-refractivity contribution >= 4 is 46.6 Å². The number of carboxylic acid groups (broad SMARTS) is 1. The molecule has 2 amide bonds. The van der Waals surface area contributed by atoms with Gasteiger partial charge in [0.25, 0.3) is 0 Å². The van der Waals surface area contributed by atoms with Crippen LogP contribution in [0.2, 0.25) is 10.0 Å². The molecule has 0 fully saturated rings. The van der Waals surface area contributed by atoms with Crippen molar-refractivity contribution < 1.29 is 14.7 Å². The quantitative estimate of drug-likeness (QED) is 0.764. The van der Waals surface area contributed by atoms with Gasteiger partial charge in [0, 0.05) is 7.05 Å². The molecular weight excluding hydrogens is 339 g/mol. The number of allylic oxidation sites excluding steroid dienone is 2. The van der Waals surface area contributed by atoms with Gasteiger partial charge in [-0.05, 0) is 31.4 Å². The molecule has 2 rings (SSSR count). The van der Waals surface area contributed by atoms with Crippen molar-refractivity contribution in [3.63, 3.8) is 0 Å². The van der Waals surface area contributed by atoms with E-state index in [1.54, 1.807) is 6.07 Å². The molecule has 0 spiro atoms. The smallest absolute Gasteiger partial charge is 0.411 e. The molecule has 1 aliphatic rings. The largest absolute Gasteiger partial charge is 0.465 e. The summed E-state index contributed by atoms with van der Waals surface area (Å²) in [6.45, 7) is 1.91. The van der Waals surface area contributed by atoms with Gasteiger partial charge in [-0.15, -0.1) is 0 Å². The van der Waals surface area contributed by atoms with E-state index in [1.807, 2.05) is 13.0 Å². The van der Waals surface area contributed by atoms with Gasteiger partial charge < -0.3 is 10.4 Å². The lowest BCUT2D eigenvalue weighted by atomic mass is 9.78. The number of halogens is 2. The number of rotatable bonds is 3. The van der Waals surface area contributed by atoms with Crippen LogP contribution in [0, 0.1) is 5.41 Å². The molecule has 0 aromatic heterocycles. The fourth-order valence-corrected chi connectivity index (χ4v) is 2.94. The molecule has 124 valence electrons. The first-order valence-corrected chi connectivity index (χ1v) is 7.93. The molecule has 7 heteroatoms. The third kappa shape index (κ3) is 3.62. The van der Waals surface area contributed by atoms with Crippen LogP contribution in [0.25, 0.3) is 0 Å². The van der Waals surface area contributed by atoms with E-state index in [4.69, 9.17) is 28.3 Å². The molecule has 5 nitrogen and oxygen atoms in total. The molecule has 0 radical (unpaired) electrons. The summed E-state index contributed by atoms with van der Waals surface area (Å²) in [4.78, 5) is 24.5. The number of benzene rings is 1. The Kier molecular flexibility index (Phi) is 5.22. The molecule has 1 aliphatic carbocycles. The minimum absolute atomic E-state index is 0.0862. The zero-order chi connectivity index (χ0) is 17.2. The van der Waals surface area contributed by atoms with Crippen LogP contribution >= 0.6 is 23.2 Å². The number of nitrogens with one attached hydrogen (secondary N) is 1. The molecule has 1 aromatic rings. The third-order valence-corrected chi connectivity index (χ3v) is 4.98. The molecular formula is C16H18Cl2N2O3. The van der Waals surface area contributed by atoms with Gasteiger partial charge in [-0.1, -0.05) is 42.3 Å². The Bertz CT molecular complexity index is 676. The van der Waals surface area contributed by atoms with Gasteiger partial charge in [-0.2, -0.15) is 0 Å². The maximum absolute atomic E-state index is 12.5. The van der Waals surface area contributed by atoms with Crippen LogP contribution in [-0.4, -0.2) is 24.2 Å². The Morgan fingerprint density at radius 2 is 1.96 bits per heavy atom. The predicted octanol–water partition coefficient (Wildman–Crippen LogP) is 4.79. The highest BCUT2D eigenvalue weighted by molar-refractivity contribution is 6.45. The van der Waals surface area contributed by atoms with Crippen LogP contribution in [0.3, 0.4) is 0 Å². The summed E-state index contributed by atoms with van der Waals surface area (Å²) in [5.74, 6) is -0.126. The number of hydrogen-bond donors (Lipinski definition) is 2. The second-order valence-electron chi connectivity index (χ2n) is 5.83. The van der Waals surface area contributed by atoms with Crippen LogP contribution in [0.5, 0.6) is 0 Å². The van der Waals surface area contributed by atoms with Gasteiger partial charge in [0.2, 0.25) is 5.91 Å². The first-order valence-electron chi connectivity index (χ1n) is 7.17. The molecule has 23 heavy (non-hydrogen) atoms. The number of amides is 2. The van der Waals surface area contributed by atoms with E-state index in [0.29, 0.717) is 12.1 Å². The number of nitrogens with zero attached hydrogens (tertiary/aromatic N) is 1. The summed E-state index contributed by atoms with van der Waals surface area (Å²) in [6, 6.07) is 3.07. The first-order chi connectivity index (χ1) is 10.8. The summed E-state index contributed by atoms with van der Waals surface area (Å²) in [5.41, 5.74) is 0.148. The predicted molar refractivity (Wildman–Crippen MR) is 92.6 cm³/mol. The van der Waals surface area contributed by atoms with Crippen LogP contribution in [0.15, 0.2) is 24.3 Å². The first kappa shape index (κ1) is 17.6. The summed E-state index contributed by atoms with van der Waals surface area (Å²) in [5, 5.41) is 12.0. The fourth-order valence-electron chi connectivity index (χ4n) is 2.44. The van der Waals surface area contributed by atoms with Gasteiger partial charge in [0.1, 0.15) is 0 Å². The monoisotopic (exact) mass is 356 g/mol. The second kappa shape index (κ2) is 6.81. The van der Waals surface area contributed by atoms with Crippen molar-refractivity contribution in [3.8, 4) is 0 Å². The maximum atomic E-state index is 12.5.